The predicted molar refractivity (Wildman–Crippen MR) is 128 cm³/mol. The van der Waals surface area contributed by atoms with Crippen LogP contribution in [0.4, 0.5) is 13.2 Å². The van der Waals surface area contributed by atoms with Crippen LogP contribution in [0.3, 0.4) is 0 Å². The second-order valence-electron chi connectivity index (χ2n) is 8.14. The van der Waals surface area contributed by atoms with Crippen molar-refractivity contribution in [2.24, 2.45) is 14.1 Å². The van der Waals surface area contributed by atoms with Gasteiger partial charge in [0.1, 0.15) is 13.2 Å². The molecule has 8 nitrogen and oxygen atoms in total. The fourth-order valence-electron chi connectivity index (χ4n) is 3.64. The summed E-state index contributed by atoms with van der Waals surface area (Å²) in [4.78, 5) is -0.196. The second-order valence-corrected chi connectivity index (χ2v) is 10.9. The monoisotopic (exact) mass is 568 g/mol. The molecule has 0 aliphatic carbocycles. The molecule has 3 rings (SSSR count). The van der Waals surface area contributed by atoms with Crippen LogP contribution in [0.5, 0.6) is 5.88 Å². The van der Waals surface area contributed by atoms with E-state index in [9.17, 15) is 21.6 Å². The third-order valence-corrected chi connectivity index (χ3v) is 7.47. The number of alkyl halides is 3. The van der Waals surface area contributed by atoms with Crippen molar-refractivity contribution in [1.29, 1.82) is 0 Å². The number of ether oxygens (including phenoxy) is 2. The number of hydrogen-bond acceptors (Lipinski definition) is 6. The predicted octanol–water partition coefficient (Wildman–Crippen LogP) is 4.68. The Morgan fingerprint density at radius 3 is 2.33 bits per heavy atom. The van der Waals surface area contributed by atoms with Crippen molar-refractivity contribution >= 4 is 33.0 Å². The molecular formula is C22H25Cl2F3N4O4S. The SMILES string of the molecule is CCc1nn(C)c(COc2c(Cc3ccc(S(C)(=O)=O)c(COCC(F)(F)F)c3Cl)cnn2C)c1Cl. The zero-order valence-corrected chi connectivity index (χ0v) is 22.3. The van der Waals surface area contributed by atoms with Crippen molar-refractivity contribution < 1.29 is 31.1 Å². The maximum Gasteiger partial charge on any atom is 0.411 e. The first-order valence-corrected chi connectivity index (χ1v) is 13.4. The van der Waals surface area contributed by atoms with E-state index in [0.717, 1.165) is 11.9 Å². The molecule has 0 saturated heterocycles. The average Bonchev–Trinajstić information content (AvgIpc) is 3.25. The largest absolute Gasteiger partial charge is 0.471 e. The number of hydrogen-bond donors (Lipinski definition) is 0. The minimum absolute atomic E-state index is 0.00262. The summed E-state index contributed by atoms with van der Waals surface area (Å²) < 4.78 is 76.0. The minimum Gasteiger partial charge on any atom is -0.471 e. The average molecular weight is 569 g/mol. The van der Waals surface area contributed by atoms with E-state index >= 15 is 0 Å². The molecule has 0 aliphatic heterocycles. The Bertz CT molecular complexity index is 1350. The Morgan fingerprint density at radius 2 is 1.75 bits per heavy atom. The third-order valence-electron chi connectivity index (χ3n) is 5.38. The van der Waals surface area contributed by atoms with Crippen LogP contribution >= 0.6 is 23.2 Å². The van der Waals surface area contributed by atoms with Gasteiger partial charge < -0.3 is 9.47 Å². The van der Waals surface area contributed by atoms with E-state index in [4.69, 9.17) is 32.7 Å². The van der Waals surface area contributed by atoms with E-state index in [-0.39, 0.29) is 28.5 Å². The van der Waals surface area contributed by atoms with Crippen molar-refractivity contribution in [2.45, 2.75) is 44.1 Å². The van der Waals surface area contributed by atoms with E-state index in [2.05, 4.69) is 10.2 Å². The molecule has 0 N–H and O–H groups in total. The number of aromatic nitrogens is 4. The minimum atomic E-state index is -4.56. The van der Waals surface area contributed by atoms with Crippen LogP contribution in [-0.2, 0) is 54.7 Å². The zero-order chi connectivity index (χ0) is 26.8. The summed E-state index contributed by atoms with van der Waals surface area (Å²) in [6.45, 7) is -0.0944. The lowest BCUT2D eigenvalue weighted by atomic mass is 10.0. The van der Waals surface area contributed by atoms with Gasteiger partial charge in [0.25, 0.3) is 0 Å². The summed E-state index contributed by atoms with van der Waals surface area (Å²) in [5, 5.41) is 9.11. The molecule has 0 aliphatic rings. The Balaban J connectivity index is 1.89. The van der Waals surface area contributed by atoms with E-state index < -0.39 is 29.2 Å². The first-order valence-electron chi connectivity index (χ1n) is 10.7. The summed E-state index contributed by atoms with van der Waals surface area (Å²) in [6, 6.07) is 2.82. The highest BCUT2D eigenvalue weighted by Gasteiger charge is 2.28. The lowest BCUT2D eigenvalue weighted by Gasteiger charge is -2.16. The molecule has 0 fully saturated rings. The van der Waals surface area contributed by atoms with Gasteiger partial charge in [-0.25, -0.2) is 13.1 Å². The molecule has 0 bridgehead atoms. The maximum absolute atomic E-state index is 12.6. The topological polar surface area (TPSA) is 88.2 Å². The maximum atomic E-state index is 12.6. The van der Waals surface area contributed by atoms with E-state index in [1.165, 1.54) is 16.8 Å². The Kier molecular flexibility index (Phi) is 8.64. The quantitative estimate of drug-likeness (QED) is 0.353. The lowest BCUT2D eigenvalue weighted by molar-refractivity contribution is -0.176. The molecule has 0 saturated carbocycles. The van der Waals surface area contributed by atoms with E-state index in [1.807, 2.05) is 6.92 Å². The Labute approximate surface area is 216 Å². The van der Waals surface area contributed by atoms with E-state index in [1.54, 1.807) is 25.0 Å². The number of aryl methyl sites for hydroxylation is 3. The number of sulfone groups is 1. The van der Waals surface area contributed by atoms with Gasteiger partial charge in [-0.05, 0) is 18.1 Å². The highest BCUT2D eigenvalue weighted by atomic mass is 35.5. The summed E-state index contributed by atoms with van der Waals surface area (Å²) in [5.74, 6) is 0.420. The van der Waals surface area contributed by atoms with Crippen LogP contribution in [0.15, 0.2) is 23.2 Å². The molecule has 2 aromatic heterocycles. The highest BCUT2D eigenvalue weighted by molar-refractivity contribution is 7.90. The number of benzene rings is 1. The summed E-state index contributed by atoms with van der Waals surface area (Å²) in [5.41, 5.74) is 2.49. The van der Waals surface area contributed by atoms with Crippen LogP contribution in [0.25, 0.3) is 0 Å². The fraction of sp³-hybridized carbons (Fsp3) is 0.455. The fourth-order valence-corrected chi connectivity index (χ4v) is 5.25. The molecule has 0 spiro atoms. The van der Waals surface area contributed by atoms with Crippen LogP contribution in [0, 0.1) is 0 Å². The number of nitrogens with zero attached hydrogens (tertiary/aromatic N) is 4. The number of rotatable bonds is 10. The molecule has 1 aromatic carbocycles. The second kappa shape index (κ2) is 11.0. The summed E-state index contributed by atoms with van der Waals surface area (Å²) in [6.07, 6.45) is -1.20. The van der Waals surface area contributed by atoms with E-state index in [0.29, 0.717) is 34.1 Å². The molecule has 2 heterocycles. The van der Waals surface area contributed by atoms with Crippen LogP contribution in [0.1, 0.15) is 35.0 Å². The van der Waals surface area contributed by atoms with Crippen molar-refractivity contribution in [2.75, 3.05) is 12.9 Å². The van der Waals surface area contributed by atoms with Crippen LogP contribution in [-0.4, -0.2) is 47.0 Å². The summed E-state index contributed by atoms with van der Waals surface area (Å²) >= 11 is 12.9. The molecule has 0 atom stereocenters. The van der Waals surface area contributed by atoms with Gasteiger partial charge in [-0.3, -0.25) is 4.68 Å². The van der Waals surface area contributed by atoms with Gasteiger partial charge in [0.15, 0.2) is 9.84 Å². The molecule has 0 radical (unpaired) electrons. The number of halogens is 5. The zero-order valence-electron chi connectivity index (χ0n) is 20.0. The smallest absolute Gasteiger partial charge is 0.411 e. The van der Waals surface area contributed by atoms with Gasteiger partial charge in [0.2, 0.25) is 5.88 Å². The highest BCUT2D eigenvalue weighted by Crippen LogP contribution is 2.33. The first kappa shape index (κ1) is 28.3. The van der Waals surface area contributed by atoms with Gasteiger partial charge in [-0.1, -0.05) is 36.2 Å². The van der Waals surface area contributed by atoms with Gasteiger partial charge in [0, 0.05) is 37.9 Å². The van der Waals surface area contributed by atoms with Crippen molar-refractivity contribution in [3.8, 4) is 5.88 Å². The standard InChI is InChI=1S/C22H25Cl2F3N4O4S/c1-5-16-20(24)17(30(2)29-16)11-35-21-14(9-28-31(21)3)8-13-6-7-18(36(4,32)33)15(19(13)23)10-34-12-22(25,26)27/h6-7,9H,5,8,10-12H2,1-4H3. The Morgan fingerprint density at radius 1 is 1.06 bits per heavy atom. The normalized spacial score (nSPS) is 12.4. The van der Waals surface area contributed by atoms with Gasteiger partial charge >= 0.3 is 6.18 Å². The molecule has 36 heavy (non-hydrogen) atoms. The van der Waals surface area contributed by atoms with Crippen molar-refractivity contribution in [3.05, 3.63) is 56.5 Å². The van der Waals surface area contributed by atoms with Crippen molar-refractivity contribution in [1.82, 2.24) is 19.6 Å². The van der Waals surface area contributed by atoms with Gasteiger partial charge in [0.05, 0.1) is 39.1 Å². The molecule has 198 valence electrons. The van der Waals surface area contributed by atoms with Crippen molar-refractivity contribution in [3.63, 3.8) is 0 Å². The van der Waals surface area contributed by atoms with Gasteiger partial charge in [-0.15, -0.1) is 0 Å². The lowest BCUT2D eigenvalue weighted by Crippen LogP contribution is -2.17. The molecule has 3 aromatic rings. The van der Waals surface area contributed by atoms with Crippen LogP contribution in [0.2, 0.25) is 10.0 Å². The Hall–Kier alpha value is -2.28. The third kappa shape index (κ3) is 6.53. The van der Waals surface area contributed by atoms with Crippen LogP contribution < -0.4 is 4.74 Å². The molecule has 0 unspecified atom stereocenters. The first-order chi connectivity index (χ1) is 16.7. The molecule has 0 amide bonds. The molecule has 14 heteroatoms. The summed E-state index contributed by atoms with van der Waals surface area (Å²) in [7, 11) is -0.321. The molecular weight excluding hydrogens is 544 g/mol. The van der Waals surface area contributed by atoms with Gasteiger partial charge in [-0.2, -0.15) is 23.4 Å².